The quantitative estimate of drug-likeness (QED) is 0.282. The van der Waals surface area contributed by atoms with Crippen molar-refractivity contribution in [2.75, 3.05) is 23.9 Å². The molecule has 3 aromatic rings. The minimum absolute atomic E-state index is 0.0726. The zero-order valence-corrected chi connectivity index (χ0v) is 20.2. The Morgan fingerprint density at radius 2 is 1.65 bits per heavy atom. The molecule has 5 nitrogen and oxygen atoms in total. The van der Waals surface area contributed by atoms with Gasteiger partial charge in [0.2, 0.25) is 5.91 Å². The zero-order chi connectivity index (χ0) is 24.7. The lowest BCUT2D eigenvalue weighted by atomic mass is 9.89. The fourth-order valence-electron chi connectivity index (χ4n) is 3.35. The first-order chi connectivity index (χ1) is 16.2. The molecule has 0 aliphatic carbocycles. The monoisotopic (exact) mass is 523 g/mol. The van der Waals surface area contributed by atoms with Crippen molar-refractivity contribution in [1.82, 2.24) is 0 Å². The third-order valence-corrected chi connectivity index (χ3v) is 6.16. The summed E-state index contributed by atoms with van der Waals surface area (Å²) < 4.78 is 18.8. The lowest BCUT2D eigenvalue weighted by Crippen LogP contribution is -2.45. The van der Waals surface area contributed by atoms with Crippen molar-refractivity contribution in [2.45, 2.75) is 12.0 Å². The van der Waals surface area contributed by atoms with E-state index in [9.17, 15) is 19.1 Å². The molecule has 34 heavy (non-hydrogen) atoms. The van der Waals surface area contributed by atoms with E-state index in [1.165, 1.54) is 41.3 Å². The number of amides is 1. The van der Waals surface area contributed by atoms with Crippen LogP contribution in [0.3, 0.4) is 0 Å². The summed E-state index contributed by atoms with van der Waals surface area (Å²) in [6, 6.07) is 18.2. The van der Waals surface area contributed by atoms with Crippen molar-refractivity contribution < 1.29 is 23.8 Å². The molecular weight excluding hydrogens is 504 g/mol. The van der Waals surface area contributed by atoms with E-state index in [2.05, 4.69) is 0 Å². The normalized spacial score (nSPS) is 12.6. The van der Waals surface area contributed by atoms with Crippen LogP contribution < -0.4 is 4.90 Å². The smallest absolute Gasteiger partial charge is 0.338 e. The summed E-state index contributed by atoms with van der Waals surface area (Å²) in [6.45, 7) is -0.415. The van der Waals surface area contributed by atoms with Gasteiger partial charge in [-0.2, -0.15) is 0 Å². The molecule has 1 atom stereocenters. The van der Waals surface area contributed by atoms with E-state index in [0.717, 1.165) is 0 Å². The average Bonchev–Trinajstić information content (AvgIpc) is 2.85. The summed E-state index contributed by atoms with van der Waals surface area (Å²) in [5.41, 5.74) is -0.647. The molecule has 0 saturated carbocycles. The van der Waals surface area contributed by atoms with E-state index in [1.54, 1.807) is 36.4 Å². The highest BCUT2D eigenvalue weighted by Gasteiger charge is 2.35. The van der Waals surface area contributed by atoms with Gasteiger partial charge in [0.15, 0.2) is 0 Å². The van der Waals surface area contributed by atoms with Gasteiger partial charge >= 0.3 is 5.97 Å². The first kappa shape index (κ1) is 26.0. The molecule has 0 radical (unpaired) electrons. The maximum atomic E-state index is 13.4. The summed E-state index contributed by atoms with van der Waals surface area (Å²) in [4.78, 5) is 26.2. The van der Waals surface area contributed by atoms with Crippen molar-refractivity contribution in [3.05, 3.63) is 99.8 Å². The molecule has 1 amide bonds. The van der Waals surface area contributed by atoms with Gasteiger partial charge in [-0.15, -0.1) is 11.6 Å². The molecule has 1 unspecified atom stereocenters. The molecule has 0 heterocycles. The number of hydrogen-bond acceptors (Lipinski definition) is 4. The molecule has 178 valence electrons. The fourth-order valence-corrected chi connectivity index (χ4v) is 3.79. The molecule has 9 heteroatoms. The predicted octanol–water partition coefficient (Wildman–Crippen LogP) is 5.84. The maximum absolute atomic E-state index is 13.4. The number of aliphatic hydroxyl groups is 1. The Bertz CT molecular complexity index is 1140. The van der Waals surface area contributed by atoms with Crippen LogP contribution in [0.1, 0.15) is 22.3 Å². The summed E-state index contributed by atoms with van der Waals surface area (Å²) in [7, 11) is 0. The van der Waals surface area contributed by atoms with E-state index in [0.29, 0.717) is 16.8 Å². The van der Waals surface area contributed by atoms with Crippen molar-refractivity contribution in [1.29, 1.82) is 0 Å². The van der Waals surface area contributed by atoms with E-state index >= 15 is 0 Å². The molecule has 0 bridgehead atoms. The second-order valence-electron chi connectivity index (χ2n) is 7.50. The fraction of sp³-hybridized carbons (Fsp3) is 0.200. The minimum Gasteiger partial charge on any atom is -0.462 e. The Balaban J connectivity index is 1.89. The number of rotatable bonds is 9. The molecular formula is C25H21Cl3FNO4. The van der Waals surface area contributed by atoms with Crippen molar-refractivity contribution >= 4 is 52.4 Å². The largest absolute Gasteiger partial charge is 0.462 e. The molecule has 1 N–H and O–H groups in total. The second kappa shape index (κ2) is 11.7. The number of anilines is 1. The van der Waals surface area contributed by atoms with E-state index in [-0.39, 0.29) is 35.5 Å². The standard InChI is InChI=1S/C25H21Cl3FNO4/c26-15-23(31)30(20-9-7-19(29)8-10-20)16-25(33,18-6-11-21(27)22(28)14-18)12-13-34-24(32)17-4-2-1-3-5-17/h1-11,14,33H,12-13,15-16H2. The number of benzene rings is 3. The Hall–Kier alpha value is -2.64. The third kappa shape index (κ3) is 6.48. The SMILES string of the molecule is O=C(OCCC(O)(CN(C(=O)CCl)c1ccc(F)cc1)c1ccc(Cl)c(Cl)c1)c1ccccc1. The summed E-state index contributed by atoms with van der Waals surface area (Å²) >= 11 is 18.0. The number of alkyl halides is 1. The Morgan fingerprint density at radius 3 is 2.26 bits per heavy atom. The van der Waals surface area contributed by atoms with Gasteiger partial charge in [0.25, 0.3) is 0 Å². The van der Waals surface area contributed by atoms with Crippen LogP contribution in [0.5, 0.6) is 0 Å². The third-order valence-electron chi connectivity index (χ3n) is 5.19. The topological polar surface area (TPSA) is 66.8 Å². The lowest BCUT2D eigenvalue weighted by Gasteiger charge is -2.35. The average molecular weight is 525 g/mol. The molecule has 0 saturated heterocycles. The predicted molar refractivity (Wildman–Crippen MR) is 131 cm³/mol. The highest BCUT2D eigenvalue weighted by molar-refractivity contribution is 6.42. The maximum Gasteiger partial charge on any atom is 0.338 e. The first-order valence-corrected chi connectivity index (χ1v) is 11.5. The van der Waals surface area contributed by atoms with E-state index < -0.39 is 23.3 Å². The van der Waals surface area contributed by atoms with Gasteiger partial charge in [0.05, 0.1) is 28.8 Å². The van der Waals surface area contributed by atoms with Crippen LogP contribution in [0.4, 0.5) is 10.1 Å². The van der Waals surface area contributed by atoms with Gasteiger partial charge < -0.3 is 14.7 Å². The van der Waals surface area contributed by atoms with Crippen LogP contribution in [-0.4, -0.2) is 36.0 Å². The molecule has 0 spiro atoms. The summed E-state index contributed by atoms with van der Waals surface area (Å²) in [5.74, 6) is -1.90. The summed E-state index contributed by atoms with van der Waals surface area (Å²) in [5, 5.41) is 12.2. The van der Waals surface area contributed by atoms with Crippen LogP contribution in [0.2, 0.25) is 10.0 Å². The Morgan fingerprint density at radius 1 is 0.971 bits per heavy atom. The van der Waals surface area contributed by atoms with Crippen LogP contribution in [0.25, 0.3) is 0 Å². The van der Waals surface area contributed by atoms with Gasteiger partial charge in [-0.05, 0) is 54.1 Å². The van der Waals surface area contributed by atoms with Gasteiger partial charge in [-0.1, -0.05) is 47.5 Å². The number of esters is 1. The van der Waals surface area contributed by atoms with Gasteiger partial charge in [-0.25, -0.2) is 9.18 Å². The van der Waals surface area contributed by atoms with E-state index in [1.807, 2.05) is 0 Å². The van der Waals surface area contributed by atoms with Gasteiger partial charge in [0.1, 0.15) is 17.3 Å². The Kier molecular flexibility index (Phi) is 8.91. The van der Waals surface area contributed by atoms with Crippen molar-refractivity contribution in [2.24, 2.45) is 0 Å². The number of halogens is 4. The molecule has 3 aromatic carbocycles. The number of nitrogens with zero attached hydrogens (tertiary/aromatic N) is 1. The molecule has 3 rings (SSSR count). The van der Waals surface area contributed by atoms with Crippen LogP contribution in [-0.2, 0) is 15.1 Å². The number of hydrogen-bond donors (Lipinski definition) is 1. The first-order valence-electron chi connectivity index (χ1n) is 10.3. The van der Waals surface area contributed by atoms with Gasteiger partial charge in [0, 0.05) is 12.1 Å². The molecule has 0 aliphatic rings. The highest BCUT2D eigenvalue weighted by Crippen LogP contribution is 2.33. The van der Waals surface area contributed by atoms with Crippen LogP contribution in [0.15, 0.2) is 72.8 Å². The molecule has 0 fully saturated rings. The van der Waals surface area contributed by atoms with Crippen LogP contribution in [0, 0.1) is 5.82 Å². The molecule has 0 aromatic heterocycles. The minimum atomic E-state index is -1.71. The number of ether oxygens (including phenoxy) is 1. The van der Waals surface area contributed by atoms with E-state index in [4.69, 9.17) is 39.5 Å². The number of carbonyl (C=O) groups excluding carboxylic acids is 2. The molecule has 0 aliphatic heterocycles. The highest BCUT2D eigenvalue weighted by atomic mass is 35.5. The van der Waals surface area contributed by atoms with Gasteiger partial charge in [-0.3, -0.25) is 4.79 Å². The van der Waals surface area contributed by atoms with Crippen molar-refractivity contribution in [3.63, 3.8) is 0 Å². The Labute approximate surface area is 211 Å². The second-order valence-corrected chi connectivity index (χ2v) is 8.58. The van der Waals surface area contributed by atoms with Crippen LogP contribution >= 0.6 is 34.8 Å². The summed E-state index contributed by atoms with van der Waals surface area (Å²) in [6.07, 6.45) is -0.0726. The zero-order valence-electron chi connectivity index (χ0n) is 17.9. The van der Waals surface area contributed by atoms with Crippen molar-refractivity contribution in [3.8, 4) is 0 Å². The lowest BCUT2D eigenvalue weighted by molar-refractivity contribution is -0.117. The number of carbonyl (C=O) groups is 2.